The number of aryl methyl sites for hydroxylation is 2. The second-order valence-corrected chi connectivity index (χ2v) is 7.39. The first-order valence-electron chi connectivity index (χ1n) is 9.98. The molecular formula is C26H24O5. The highest BCUT2D eigenvalue weighted by Crippen LogP contribution is 2.34. The maximum atomic E-state index is 12.9. The fraction of sp³-hybridized carbons (Fsp3) is 0.192. The van der Waals surface area contributed by atoms with E-state index < -0.39 is 5.63 Å². The van der Waals surface area contributed by atoms with Crippen LogP contribution in [-0.4, -0.2) is 14.2 Å². The minimum Gasteiger partial charge on any atom is -0.493 e. The Bertz CT molecular complexity index is 1290. The van der Waals surface area contributed by atoms with E-state index in [2.05, 4.69) is 19.1 Å². The summed E-state index contributed by atoms with van der Waals surface area (Å²) in [6.07, 6.45) is 0. The van der Waals surface area contributed by atoms with Crippen molar-refractivity contribution in [3.05, 3.63) is 87.8 Å². The first kappa shape index (κ1) is 20.5. The van der Waals surface area contributed by atoms with Crippen molar-refractivity contribution in [3.63, 3.8) is 0 Å². The lowest BCUT2D eigenvalue weighted by molar-refractivity contribution is 0.306. The van der Waals surface area contributed by atoms with Gasteiger partial charge in [0.15, 0.2) is 11.5 Å². The predicted octanol–water partition coefficient (Wildman–Crippen LogP) is 5.67. The molecule has 0 aliphatic heterocycles. The molecule has 4 aromatic rings. The van der Waals surface area contributed by atoms with Crippen molar-refractivity contribution in [2.24, 2.45) is 0 Å². The molecule has 0 amide bonds. The van der Waals surface area contributed by atoms with Gasteiger partial charge in [0, 0.05) is 11.5 Å². The van der Waals surface area contributed by atoms with Crippen molar-refractivity contribution in [2.45, 2.75) is 20.5 Å². The highest BCUT2D eigenvalue weighted by atomic mass is 16.5. The maximum absolute atomic E-state index is 12.9. The molecule has 5 heteroatoms. The first-order valence-corrected chi connectivity index (χ1v) is 9.98. The summed E-state index contributed by atoms with van der Waals surface area (Å²) >= 11 is 0. The molecule has 0 atom stereocenters. The number of hydrogen-bond donors (Lipinski definition) is 0. The molecule has 0 unspecified atom stereocenters. The molecule has 0 saturated carbocycles. The van der Waals surface area contributed by atoms with Crippen LogP contribution in [0.15, 0.2) is 69.9 Å². The van der Waals surface area contributed by atoms with Crippen LogP contribution in [0.3, 0.4) is 0 Å². The van der Waals surface area contributed by atoms with Crippen molar-refractivity contribution < 1.29 is 18.6 Å². The average Bonchev–Trinajstić information content (AvgIpc) is 2.78. The Morgan fingerprint density at radius 3 is 2.29 bits per heavy atom. The molecule has 0 aliphatic carbocycles. The number of benzene rings is 3. The molecule has 0 bridgehead atoms. The average molecular weight is 416 g/mol. The van der Waals surface area contributed by atoms with Gasteiger partial charge in [0.1, 0.15) is 17.9 Å². The Balaban J connectivity index is 1.68. The Kier molecular flexibility index (Phi) is 5.67. The molecular weight excluding hydrogens is 392 g/mol. The molecule has 5 nitrogen and oxygen atoms in total. The molecule has 0 N–H and O–H groups in total. The van der Waals surface area contributed by atoms with Crippen LogP contribution in [0.5, 0.6) is 17.2 Å². The molecule has 4 rings (SSSR count). The Hall–Kier alpha value is -3.73. The van der Waals surface area contributed by atoms with Gasteiger partial charge in [0.05, 0.1) is 19.8 Å². The largest absolute Gasteiger partial charge is 0.493 e. The van der Waals surface area contributed by atoms with Crippen LogP contribution >= 0.6 is 0 Å². The number of fused-ring (bicyclic) bond motifs is 1. The maximum Gasteiger partial charge on any atom is 0.344 e. The fourth-order valence-corrected chi connectivity index (χ4v) is 3.60. The lowest BCUT2D eigenvalue weighted by Gasteiger charge is -2.12. The zero-order valence-electron chi connectivity index (χ0n) is 18.0. The van der Waals surface area contributed by atoms with E-state index in [0.717, 1.165) is 16.5 Å². The SMILES string of the molecule is COc1ccc(-c2c(C)c3ccc(OCc4ccc(C)cc4)cc3oc2=O)cc1OC. The molecule has 1 aromatic heterocycles. The second kappa shape index (κ2) is 8.56. The number of hydrogen-bond acceptors (Lipinski definition) is 5. The van der Waals surface area contributed by atoms with Gasteiger partial charge in [0.25, 0.3) is 0 Å². The van der Waals surface area contributed by atoms with Crippen LogP contribution in [0.25, 0.3) is 22.1 Å². The quantitative estimate of drug-likeness (QED) is 0.379. The van der Waals surface area contributed by atoms with Gasteiger partial charge in [-0.1, -0.05) is 35.9 Å². The van der Waals surface area contributed by atoms with Crippen LogP contribution in [-0.2, 0) is 6.61 Å². The summed E-state index contributed by atoms with van der Waals surface area (Å²) in [4.78, 5) is 12.9. The summed E-state index contributed by atoms with van der Waals surface area (Å²) in [5, 5.41) is 0.854. The van der Waals surface area contributed by atoms with E-state index in [4.69, 9.17) is 18.6 Å². The molecule has 0 aliphatic rings. The summed E-state index contributed by atoms with van der Waals surface area (Å²) < 4.78 is 22.2. The second-order valence-electron chi connectivity index (χ2n) is 7.39. The summed E-state index contributed by atoms with van der Waals surface area (Å²) in [5.74, 6) is 1.80. The summed E-state index contributed by atoms with van der Waals surface area (Å²) in [5.41, 5.74) is 4.42. The van der Waals surface area contributed by atoms with Gasteiger partial charge < -0.3 is 18.6 Å². The molecule has 0 radical (unpaired) electrons. The van der Waals surface area contributed by atoms with E-state index in [-0.39, 0.29) is 0 Å². The van der Waals surface area contributed by atoms with Crippen LogP contribution in [0, 0.1) is 13.8 Å². The van der Waals surface area contributed by atoms with Crippen molar-refractivity contribution in [3.8, 4) is 28.4 Å². The van der Waals surface area contributed by atoms with Crippen LogP contribution in [0.1, 0.15) is 16.7 Å². The number of methoxy groups -OCH3 is 2. The van der Waals surface area contributed by atoms with E-state index in [1.54, 1.807) is 32.4 Å². The van der Waals surface area contributed by atoms with Gasteiger partial charge in [-0.2, -0.15) is 0 Å². The van der Waals surface area contributed by atoms with E-state index in [1.807, 2.05) is 37.3 Å². The Labute approximate surface area is 180 Å². The van der Waals surface area contributed by atoms with Crippen LogP contribution in [0.4, 0.5) is 0 Å². The summed E-state index contributed by atoms with van der Waals surface area (Å²) in [7, 11) is 3.14. The zero-order valence-corrected chi connectivity index (χ0v) is 18.0. The summed E-state index contributed by atoms with van der Waals surface area (Å²) in [6, 6.07) is 19.1. The molecule has 0 saturated heterocycles. The number of rotatable bonds is 6. The van der Waals surface area contributed by atoms with Gasteiger partial charge in [-0.3, -0.25) is 0 Å². The lowest BCUT2D eigenvalue weighted by Crippen LogP contribution is -2.06. The van der Waals surface area contributed by atoms with Crippen molar-refractivity contribution in [1.82, 2.24) is 0 Å². The molecule has 31 heavy (non-hydrogen) atoms. The Morgan fingerprint density at radius 1 is 0.839 bits per heavy atom. The zero-order chi connectivity index (χ0) is 22.0. The van der Waals surface area contributed by atoms with Gasteiger partial charge in [-0.05, 0) is 54.8 Å². The van der Waals surface area contributed by atoms with Gasteiger partial charge >= 0.3 is 5.63 Å². The third-order valence-electron chi connectivity index (χ3n) is 5.34. The minimum absolute atomic E-state index is 0.409. The van der Waals surface area contributed by atoms with Crippen molar-refractivity contribution >= 4 is 11.0 Å². The monoisotopic (exact) mass is 416 g/mol. The molecule has 0 spiro atoms. The summed E-state index contributed by atoms with van der Waals surface area (Å²) in [6.45, 7) is 4.41. The van der Waals surface area contributed by atoms with Crippen molar-refractivity contribution in [1.29, 1.82) is 0 Å². The standard InChI is InChI=1S/C26H24O5/c1-16-5-7-18(8-6-16)15-30-20-10-11-21-17(2)25(26(27)31-23(21)14-20)19-9-12-22(28-3)24(13-19)29-4/h5-14H,15H2,1-4H3. The molecule has 158 valence electrons. The molecule has 1 heterocycles. The highest BCUT2D eigenvalue weighted by molar-refractivity contribution is 5.87. The first-order chi connectivity index (χ1) is 15.0. The van der Waals surface area contributed by atoms with E-state index in [9.17, 15) is 4.79 Å². The molecule has 0 fully saturated rings. The Morgan fingerprint density at radius 2 is 1.58 bits per heavy atom. The van der Waals surface area contributed by atoms with Gasteiger partial charge in [-0.25, -0.2) is 4.79 Å². The normalized spacial score (nSPS) is 10.8. The van der Waals surface area contributed by atoms with Gasteiger partial charge in [-0.15, -0.1) is 0 Å². The third-order valence-corrected chi connectivity index (χ3v) is 5.34. The smallest absolute Gasteiger partial charge is 0.344 e. The number of ether oxygens (including phenoxy) is 3. The minimum atomic E-state index is -0.409. The topological polar surface area (TPSA) is 57.9 Å². The third kappa shape index (κ3) is 4.12. The fourth-order valence-electron chi connectivity index (χ4n) is 3.60. The lowest BCUT2D eigenvalue weighted by atomic mass is 9.99. The van der Waals surface area contributed by atoms with Gasteiger partial charge in [0.2, 0.25) is 0 Å². The predicted molar refractivity (Wildman–Crippen MR) is 121 cm³/mol. The van der Waals surface area contributed by atoms with E-state index >= 15 is 0 Å². The van der Waals surface area contributed by atoms with E-state index in [0.29, 0.717) is 40.6 Å². The molecule has 3 aromatic carbocycles. The van der Waals surface area contributed by atoms with Crippen LogP contribution in [0.2, 0.25) is 0 Å². The van der Waals surface area contributed by atoms with Crippen molar-refractivity contribution in [2.75, 3.05) is 14.2 Å². The highest BCUT2D eigenvalue weighted by Gasteiger charge is 2.16. The van der Waals surface area contributed by atoms with E-state index in [1.165, 1.54) is 5.56 Å². The van der Waals surface area contributed by atoms with Crippen LogP contribution < -0.4 is 19.8 Å².